The van der Waals surface area contributed by atoms with Gasteiger partial charge in [0.05, 0.1) is 18.0 Å². The summed E-state index contributed by atoms with van der Waals surface area (Å²) in [6.45, 7) is 2.36. The van der Waals surface area contributed by atoms with E-state index < -0.39 is 0 Å². The van der Waals surface area contributed by atoms with Crippen molar-refractivity contribution in [1.82, 2.24) is 19.9 Å². The lowest BCUT2D eigenvalue weighted by Crippen LogP contribution is -2.09. The second-order valence-electron chi connectivity index (χ2n) is 4.76. The van der Waals surface area contributed by atoms with Gasteiger partial charge in [-0.2, -0.15) is 0 Å². The van der Waals surface area contributed by atoms with E-state index in [1.54, 1.807) is 24.9 Å². The molecule has 1 fully saturated rings. The Hall–Kier alpha value is -2.08. The van der Waals surface area contributed by atoms with Crippen molar-refractivity contribution >= 4 is 5.82 Å². The van der Waals surface area contributed by atoms with Crippen LogP contribution in [0, 0.1) is 0 Å². The van der Waals surface area contributed by atoms with Crippen molar-refractivity contribution in [3.8, 4) is 0 Å². The van der Waals surface area contributed by atoms with Crippen LogP contribution in [-0.4, -0.2) is 39.7 Å². The monoisotopic (exact) mass is 271 g/mol. The van der Waals surface area contributed by atoms with Crippen LogP contribution in [0.4, 0.5) is 5.82 Å². The summed E-state index contributed by atoms with van der Waals surface area (Å²) in [7, 11) is 0. The molecular formula is C14H17N5O. The van der Waals surface area contributed by atoms with E-state index in [0.29, 0.717) is 5.92 Å². The van der Waals surface area contributed by atoms with Crippen LogP contribution in [0.3, 0.4) is 0 Å². The standard InChI is InChI=1S/C14H17N5O/c1(12-8-15-4-5-16-12)3-17-14-7-13(18-10-19-14)11-2-6-20-9-11/h4-5,7-8,10-11H,1-3,6,9H2,(H,17,18,19)/t11-/m0/s1. The SMILES string of the molecule is c1cnc(CCNc2cc([C@H]3CCOC3)ncn2)cn1. The van der Waals surface area contributed by atoms with Gasteiger partial charge in [0.1, 0.15) is 12.1 Å². The highest BCUT2D eigenvalue weighted by atomic mass is 16.5. The van der Waals surface area contributed by atoms with E-state index in [0.717, 1.165) is 49.8 Å². The van der Waals surface area contributed by atoms with Crippen molar-refractivity contribution in [2.45, 2.75) is 18.8 Å². The molecule has 0 radical (unpaired) electrons. The Morgan fingerprint density at radius 3 is 3.05 bits per heavy atom. The molecule has 0 saturated carbocycles. The molecule has 3 rings (SSSR count). The maximum Gasteiger partial charge on any atom is 0.129 e. The molecule has 0 spiro atoms. The summed E-state index contributed by atoms with van der Waals surface area (Å²) in [5.74, 6) is 1.25. The number of nitrogens with zero attached hydrogens (tertiary/aromatic N) is 4. The molecule has 0 unspecified atom stereocenters. The molecule has 3 heterocycles. The normalized spacial score (nSPS) is 18.1. The second-order valence-corrected chi connectivity index (χ2v) is 4.76. The zero-order valence-corrected chi connectivity index (χ0v) is 11.2. The van der Waals surface area contributed by atoms with E-state index in [2.05, 4.69) is 25.3 Å². The van der Waals surface area contributed by atoms with E-state index in [9.17, 15) is 0 Å². The van der Waals surface area contributed by atoms with Crippen molar-refractivity contribution in [2.24, 2.45) is 0 Å². The topological polar surface area (TPSA) is 72.8 Å². The van der Waals surface area contributed by atoms with Crippen LogP contribution in [0.5, 0.6) is 0 Å². The molecule has 2 aromatic heterocycles. The number of aromatic nitrogens is 4. The number of anilines is 1. The summed E-state index contributed by atoms with van der Waals surface area (Å²) in [6, 6.07) is 2.01. The molecule has 1 aliphatic heterocycles. The van der Waals surface area contributed by atoms with Crippen LogP contribution >= 0.6 is 0 Å². The first-order valence-corrected chi connectivity index (χ1v) is 6.80. The van der Waals surface area contributed by atoms with Gasteiger partial charge in [0.2, 0.25) is 0 Å². The lowest BCUT2D eigenvalue weighted by atomic mass is 10.1. The zero-order valence-electron chi connectivity index (χ0n) is 11.2. The maximum atomic E-state index is 5.39. The molecule has 1 N–H and O–H groups in total. The highest BCUT2D eigenvalue weighted by Gasteiger charge is 2.19. The fourth-order valence-corrected chi connectivity index (χ4v) is 2.24. The third-order valence-corrected chi connectivity index (χ3v) is 3.34. The number of rotatable bonds is 5. The van der Waals surface area contributed by atoms with Crippen LogP contribution in [-0.2, 0) is 11.2 Å². The van der Waals surface area contributed by atoms with E-state index in [1.165, 1.54) is 0 Å². The average molecular weight is 271 g/mol. The minimum Gasteiger partial charge on any atom is -0.381 e. The van der Waals surface area contributed by atoms with Gasteiger partial charge in [-0.1, -0.05) is 0 Å². The minimum absolute atomic E-state index is 0.401. The third-order valence-electron chi connectivity index (χ3n) is 3.34. The van der Waals surface area contributed by atoms with Crippen molar-refractivity contribution in [3.05, 3.63) is 42.4 Å². The molecule has 1 aliphatic rings. The number of hydrogen-bond donors (Lipinski definition) is 1. The van der Waals surface area contributed by atoms with Crippen molar-refractivity contribution < 1.29 is 4.74 Å². The summed E-state index contributed by atoms with van der Waals surface area (Å²) < 4.78 is 5.39. The summed E-state index contributed by atoms with van der Waals surface area (Å²) in [6.07, 6.45) is 8.63. The molecule has 1 saturated heterocycles. The van der Waals surface area contributed by atoms with E-state index in [1.807, 2.05) is 6.07 Å². The van der Waals surface area contributed by atoms with Crippen molar-refractivity contribution in [3.63, 3.8) is 0 Å². The largest absolute Gasteiger partial charge is 0.381 e. The van der Waals surface area contributed by atoms with Crippen LogP contribution in [0.15, 0.2) is 31.0 Å². The van der Waals surface area contributed by atoms with Gasteiger partial charge in [0.15, 0.2) is 0 Å². The number of nitrogens with one attached hydrogen (secondary N) is 1. The van der Waals surface area contributed by atoms with Gasteiger partial charge in [-0.15, -0.1) is 0 Å². The lowest BCUT2D eigenvalue weighted by molar-refractivity contribution is 0.193. The highest BCUT2D eigenvalue weighted by molar-refractivity contribution is 5.36. The second kappa shape index (κ2) is 6.38. The van der Waals surface area contributed by atoms with Gasteiger partial charge >= 0.3 is 0 Å². The molecule has 0 aliphatic carbocycles. The first-order valence-electron chi connectivity index (χ1n) is 6.80. The van der Waals surface area contributed by atoms with Gasteiger partial charge < -0.3 is 10.1 Å². The van der Waals surface area contributed by atoms with E-state index >= 15 is 0 Å². The Balaban J connectivity index is 1.56. The predicted molar refractivity (Wildman–Crippen MR) is 74.4 cm³/mol. The predicted octanol–water partition coefficient (Wildman–Crippen LogP) is 1.43. The average Bonchev–Trinajstić information content (AvgIpc) is 3.03. The summed E-state index contributed by atoms with van der Waals surface area (Å²) in [4.78, 5) is 16.9. The molecule has 0 aromatic carbocycles. The van der Waals surface area contributed by atoms with Gasteiger partial charge in [0, 0.05) is 50.1 Å². The minimum atomic E-state index is 0.401. The molecule has 0 bridgehead atoms. The van der Waals surface area contributed by atoms with Crippen LogP contribution < -0.4 is 5.32 Å². The van der Waals surface area contributed by atoms with Crippen LogP contribution in [0.25, 0.3) is 0 Å². The smallest absolute Gasteiger partial charge is 0.129 e. The molecule has 20 heavy (non-hydrogen) atoms. The highest BCUT2D eigenvalue weighted by Crippen LogP contribution is 2.24. The molecule has 6 heteroatoms. The number of ether oxygens (including phenoxy) is 1. The van der Waals surface area contributed by atoms with Gasteiger partial charge in [-0.05, 0) is 6.42 Å². The molecule has 6 nitrogen and oxygen atoms in total. The van der Waals surface area contributed by atoms with Crippen molar-refractivity contribution in [1.29, 1.82) is 0 Å². The first-order chi connectivity index (χ1) is 9.92. The molecular weight excluding hydrogens is 254 g/mol. The van der Waals surface area contributed by atoms with Gasteiger partial charge in [0.25, 0.3) is 0 Å². The first kappa shape index (κ1) is 12.9. The fourth-order valence-electron chi connectivity index (χ4n) is 2.24. The maximum absolute atomic E-state index is 5.39. The van der Waals surface area contributed by atoms with Gasteiger partial charge in [-0.3, -0.25) is 9.97 Å². The summed E-state index contributed by atoms with van der Waals surface area (Å²) >= 11 is 0. The molecule has 1 atom stereocenters. The molecule has 2 aromatic rings. The summed E-state index contributed by atoms with van der Waals surface area (Å²) in [5, 5.41) is 3.30. The van der Waals surface area contributed by atoms with Gasteiger partial charge in [-0.25, -0.2) is 9.97 Å². The molecule has 104 valence electrons. The Bertz CT molecular complexity index is 542. The fraction of sp³-hybridized carbons (Fsp3) is 0.429. The Morgan fingerprint density at radius 2 is 2.25 bits per heavy atom. The molecule has 0 amide bonds. The van der Waals surface area contributed by atoms with Crippen LogP contribution in [0.2, 0.25) is 0 Å². The van der Waals surface area contributed by atoms with E-state index in [4.69, 9.17) is 4.74 Å². The Morgan fingerprint density at radius 1 is 1.25 bits per heavy atom. The Kier molecular flexibility index (Phi) is 4.13. The number of hydrogen-bond acceptors (Lipinski definition) is 6. The zero-order chi connectivity index (χ0) is 13.6. The summed E-state index contributed by atoms with van der Waals surface area (Å²) in [5.41, 5.74) is 2.03. The third kappa shape index (κ3) is 3.27. The van der Waals surface area contributed by atoms with E-state index in [-0.39, 0.29) is 0 Å². The Labute approximate surface area is 117 Å². The quantitative estimate of drug-likeness (QED) is 0.886. The lowest BCUT2D eigenvalue weighted by Gasteiger charge is -2.09. The van der Waals surface area contributed by atoms with Crippen LogP contribution in [0.1, 0.15) is 23.7 Å². The van der Waals surface area contributed by atoms with Crippen molar-refractivity contribution in [2.75, 3.05) is 25.1 Å².